The lowest BCUT2D eigenvalue weighted by Gasteiger charge is -2.34. The Morgan fingerprint density at radius 3 is 2.80 bits per heavy atom. The van der Waals surface area contributed by atoms with E-state index in [0.717, 1.165) is 38.4 Å². The molecule has 1 aromatic rings. The molecule has 2 aliphatic rings. The zero-order chi connectivity index (χ0) is 17.5. The van der Waals surface area contributed by atoms with Crippen molar-refractivity contribution in [2.75, 3.05) is 44.3 Å². The molecule has 0 unspecified atom stereocenters. The van der Waals surface area contributed by atoms with E-state index in [1.54, 1.807) is 0 Å². The van der Waals surface area contributed by atoms with E-state index in [1.807, 2.05) is 11.3 Å². The Kier molecular flexibility index (Phi) is 6.56. The van der Waals surface area contributed by atoms with E-state index in [4.69, 9.17) is 4.74 Å². The number of piperidine rings is 1. The van der Waals surface area contributed by atoms with Crippen LogP contribution < -0.4 is 15.5 Å². The summed E-state index contributed by atoms with van der Waals surface area (Å²) in [4.78, 5) is 7.11. The quantitative estimate of drug-likeness (QED) is 0.548. The van der Waals surface area contributed by atoms with Crippen LogP contribution >= 0.6 is 11.3 Å². The van der Waals surface area contributed by atoms with Crippen LogP contribution in [0.2, 0.25) is 0 Å². The average molecular weight is 367 g/mol. The van der Waals surface area contributed by atoms with Gasteiger partial charge in [-0.3, -0.25) is 4.99 Å². The molecule has 0 radical (unpaired) electrons. The number of hydrogen-bond donors (Lipinski definition) is 3. The van der Waals surface area contributed by atoms with E-state index in [2.05, 4.69) is 45.0 Å². The number of ether oxygens (including phenoxy) is 1. The van der Waals surface area contributed by atoms with E-state index < -0.39 is 5.60 Å². The second-order valence-electron chi connectivity index (χ2n) is 6.89. The van der Waals surface area contributed by atoms with Crippen molar-refractivity contribution in [2.24, 2.45) is 4.99 Å². The van der Waals surface area contributed by atoms with Gasteiger partial charge in [-0.05, 0) is 37.3 Å². The molecule has 25 heavy (non-hydrogen) atoms. The van der Waals surface area contributed by atoms with Gasteiger partial charge in [-0.1, -0.05) is 0 Å². The molecule has 6 nitrogen and oxygen atoms in total. The molecule has 0 amide bonds. The minimum atomic E-state index is -0.719. The van der Waals surface area contributed by atoms with Crippen molar-refractivity contribution >= 4 is 22.3 Å². The maximum Gasteiger partial charge on any atom is 0.191 e. The molecule has 2 aliphatic heterocycles. The highest BCUT2D eigenvalue weighted by atomic mass is 32.1. The predicted octanol–water partition coefficient (Wildman–Crippen LogP) is 1.81. The third-order valence-corrected chi connectivity index (χ3v) is 5.88. The van der Waals surface area contributed by atoms with E-state index >= 15 is 0 Å². The second kappa shape index (κ2) is 8.87. The fourth-order valence-corrected chi connectivity index (χ4v) is 4.13. The third kappa shape index (κ3) is 5.33. The van der Waals surface area contributed by atoms with Crippen LogP contribution in [-0.4, -0.2) is 62.1 Å². The lowest BCUT2D eigenvalue weighted by Crippen LogP contribution is -2.49. The van der Waals surface area contributed by atoms with Crippen LogP contribution in [0.1, 0.15) is 32.6 Å². The van der Waals surface area contributed by atoms with Gasteiger partial charge in [0.25, 0.3) is 0 Å². The van der Waals surface area contributed by atoms with Crippen LogP contribution in [0.3, 0.4) is 0 Å². The monoisotopic (exact) mass is 366 g/mol. The molecule has 0 aliphatic carbocycles. The smallest absolute Gasteiger partial charge is 0.191 e. The van der Waals surface area contributed by atoms with Crippen LogP contribution in [0.15, 0.2) is 22.5 Å². The lowest BCUT2D eigenvalue weighted by molar-refractivity contribution is -0.0566. The highest BCUT2D eigenvalue weighted by Gasteiger charge is 2.29. The summed E-state index contributed by atoms with van der Waals surface area (Å²) < 4.78 is 5.34. The fourth-order valence-electron chi connectivity index (χ4n) is 3.34. The summed E-state index contributed by atoms with van der Waals surface area (Å²) in [7, 11) is 0. The maximum absolute atomic E-state index is 10.6. The third-order valence-electron chi connectivity index (χ3n) is 4.95. The first-order chi connectivity index (χ1) is 12.2. The first kappa shape index (κ1) is 18.5. The highest BCUT2D eigenvalue weighted by molar-refractivity contribution is 7.14. The van der Waals surface area contributed by atoms with Gasteiger partial charge in [0.1, 0.15) is 0 Å². The van der Waals surface area contributed by atoms with Gasteiger partial charge in [0.15, 0.2) is 5.96 Å². The zero-order valence-electron chi connectivity index (χ0n) is 15.0. The molecule has 3 rings (SSSR count). The summed E-state index contributed by atoms with van der Waals surface area (Å²) in [5, 5.41) is 20.9. The van der Waals surface area contributed by atoms with Crippen LogP contribution in [0.5, 0.6) is 0 Å². The Balaban J connectivity index is 1.50. The summed E-state index contributed by atoms with van der Waals surface area (Å²) in [6.07, 6.45) is 3.52. The van der Waals surface area contributed by atoms with E-state index in [9.17, 15) is 5.11 Å². The van der Waals surface area contributed by atoms with Crippen LogP contribution in [0.4, 0.5) is 5.00 Å². The fraction of sp³-hybridized carbons (Fsp3) is 0.722. The molecule has 0 bridgehead atoms. The molecular formula is C18H30N4O2S. The molecule has 0 spiro atoms. The number of guanidine groups is 1. The van der Waals surface area contributed by atoms with E-state index in [0.29, 0.717) is 38.6 Å². The summed E-state index contributed by atoms with van der Waals surface area (Å²) in [6, 6.07) is 4.73. The number of aliphatic imine (C=N–C) groups is 1. The number of hydrogen-bond acceptors (Lipinski definition) is 5. The van der Waals surface area contributed by atoms with Crippen molar-refractivity contribution < 1.29 is 9.84 Å². The van der Waals surface area contributed by atoms with Crippen LogP contribution in [0, 0.1) is 0 Å². The van der Waals surface area contributed by atoms with Crippen molar-refractivity contribution in [3.8, 4) is 0 Å². The predicted molar refractivity (Wildman–Crippen MR) is 104 cm³/mol. The number of nitrogens with zero attached hydrogens (tertiary/aromatic N) is 2. The molecule has 0 saturated carbocycles. The lowest BCUT2D eigenvalue weighted by atomic mass is 9.95. The minimum Gasteiger partial charge on any atom is -0.388 e. The average Bonchev–Trinajstić information content (AvgIpc) is 3.16. The summed E-state index contributed by atoms with van der Waals surface area (Å²) in [5.74, 6) is 0.817. The zero-order valence-corrected chi connectivity index (χ0v) is 15.9. The SMILES string of the molecule is CCNC(=NCC1(O)CCOCC1)NC1CCN(c2cccs2)CC1. The number of anilines is 1. The summed E-state index contributed by atoms with van der Waals surface area (Å²) in [6.45, 7) is 6.70. The molecule has 1 aromatic heterocycles. The van der Waals surface area contributed by atoms with Gasteiger partial charge in [-0.25, -0.2) is 0 Å². The molecule has 2 fully saturated rings. The molecule has 3 N–H and O–H groups in total. The van der Waals surface area contributed by atoms with Crippen LogP contribution in [0.25, 0.3) is 0 Å². The van der Waals surface area contributed by atoms with Crippen molar-refractivity contribution in [1.29, 1.82) is 0 Å². The number of nitrogens with one attached hydrogen (secondary N) is 2. The Morgan fingerprint density at radius 2 is 2.16 bits per heavy atom. The van der Waals surface area contributed by atoms with E-state index in [-0.39, 0.29) is 0 Å². The number of rotatable bonds is 5. The number of thiophene rings is 1. The highest BCUT2D eigenvalue weighted by Crippen LogP contribution is 2.25. The first-order valence-corrected chi connectivity index (χ1v) is 10.2. The van der Waals surface area contributed by atoms with Gasteiger partial charge in [-0.2, -0.15) is 0 Å². The van der Waals surface area contributed by atoms with Crippen molar-refractivity contribution in [2.45, 2.75) is 44.2 Å². The van der Waals surface area contributed by atoms with Gasteiger partial charge in [0.2, 0.25) is 0 Å². The maximum atomic E-state index is 10.6. The normalized spacial score (nSPS) is 22.0. The Morgan fingerprint density at radius 1 is 1.40 bits per heavy atom. The standard InChI is InChI=1S/C18H30N4O2S/c1-2-19-17(20-14-18(23)7-11-24-12-8-18)21-15-5-9-22(10-6-15)16-4-3-13-25-16/h3-4,13,15,23H,2,5-12,14H2,1H3,(H2,19,20,21). The Bertz CT molecular complexity index is 535. The largest absolute Gasteiger partial charge is 0.388 e. The van der Waals surface area contributed by atoms with Crippen LogP contribution in [-0.2, 0) is 4.74 Å². The molecule has 7 heteroatoms. The first-order valence-electron chi connectivity index (χ1n) is 9.32. The molecule has 0 atom stereocenters. The summed E-state index contributed by atoms with van der Waals surface area (Å²) >= 11 is 1.81. The second-order valence-corrected chi connectivity index (χ2v) is 7.81. The van der Waals surface area contributed by atoms with Crippen molar-refractivity contribution in [3.05, 3.63) is 17.5 Å². The Labute approximate surface area is 154 Å². The topological polar surface area (TPSA) is 69.1 Å². The molecule has 2 saturated heterocycles. The molecule has 0 aromatic carbocycles. The van der Waals surface area contributed by atoms with Crippen molar-refractivity contribution in [3.63, 3.8) is 0 Å². The molecule has 140 valence electrons. The van der Waals surface area contributed by atoms with E-state index in [1.165, 1.54) is 5.00 Å². The number of aliphatic hydroxyl groups is 1. The van der Waals surface area contributed by atoms with Gasteiger partial charge >= 0.3 is 0 Å². The Hall–Kier alpha value is -1.31. The van der Waals surface area contributed by atoms with Gasteiger partial charge in [-0.15, -0.1) is 11.3 Å². The minimum absolute atomic E-state index is 0.429. The molecule has 3 heterocycles. The van der Waals surface area contributed by atoms with Gasteiger partial charge < -0.3 is 25.4 Å². The van der Waals surface area contributed by atoms with Crippen molar-refractivity contribution in [1.82, 2.24) is 10.6 Å². The molecular weight excluding hydrogens is 336 g/mol. The summed E-state index contributed by atoms with van der Waals surface area (Å²) in [5.41, 5.74) is -0.719. The van der Waals surface area contributed by atoms with Gasteiger partial charge in [0.05, 0.1) is 17.1 Å². The van der Waals surface area contributed by atoms with Gasteiger partial charge in [0, 0.05) is 51.7 Å².